The van der Waals surface area contributed by atoms with Crippen molar-refractivity contribution in [3.63, 3.8) is 0 Å². The number of anilines is 1. The maximum atomic E-state index is 12.8. The summed E-state index contributed by atoms with van der Waals surface area (Å²) in [6, 6.07) is 9.16. The number of rotatable bonds is 5. The fraction of sp³-hybridized carbons (Fsp3) is 0.238. The van der Waals surface area contributed by atoms with Crippen LogP contribution < -0.4 is 9.64 Å². The van der Waals surface area contributed by atoms with Crippen molar-refractivity contribution in [2.24, 2.45) is 0 Å². The van der Waals surface area contributed by atoms with Gasteiger partial charge in [0.25, 0.3) is 5.91 Å². The number of aromatic hydroxyl groups is 1. The summed E-state index contributed by atoms with van der Waals surface area (Å²) >= 11 is 3.46. The van der Waals surface area contributed by atoms with Crippen LogP contribution in [0.3, 0.4) is 0 Å². The molecule has 0 saturated heterocycles. The molecular weight excluding hydrogens is 426 g/mol. The van der Waals surface area contributed by atoms with Crippen molar-refractivity contribution in [3.05, 3.63) is 63.3 Å². The Morgan fingerprint density at radius 1 is 1.21 bits per heavy atom. The Bertz CT molecular complexity index is 998. The number of aliphatic hydroxyl groups is 1. The van der Waals surface area contributed by atoms with Crippen molar-refractivity contribution >= 4 is 33.3 Å². The van der Waals surface area contributed by atoms with Crippen molar-refractivity contribution in [1.29, 1.82) is 0 Å². The maximum Gasteiger partial charge on any atom is 0.294 e. The Labute approximate surface area is 171 Å². The molecule has 2 aromatic rings. The van der Waals surface area contributed by atoms with E-state index in [0.717, 1.165) is 10.0 Å². The number of carbonyl (C=O) groups excluding carboxylic acids is 2. The topological polar surface area (TPSA) is 87.1 Å². The Hall–Kier alpha value is -2.80. The second-order valence-corrected chi connectivity index (χ2v) is 7.34. The van der Waals surface area contributed by atoms with Gasteiger partial charge in [0, 0.05) is 10.2 Å². The predicted octanol–water partition coefficient (Wildman–Crippen LogP) is 4.35. The lowest BCUT2D eigenvalue weighted by atomic mass is 9.96. The lowest BCUT2D eigenvalue weighted by Crippen LogP contribution is -2.30. The second kappa shape index (κ2) is 7.67. The number of aliphatic hydroxyl groups excluding tert-OH is 1. The SMILES string of the molecule is CCOc1cc(C2C(C(C)=O)=C(O)C(=O)N2c2ccc(C)c(Br)c2)ccc1O. The molecule has 1 atom stereocenters. The molecule has 28 heavy (non-hydrogen) atoms. The number of benzene rings is 2. The average molecular weight is 446 g/mol. The van der Waals surface area contributed by atoms with Gasteiger partial charge in [0.15, 0.2) is 23.0 Å². The number of phenolic OH excluding ortho intramolecular Hbond substituents is 1. The fourth-order valence-corrected chi connectivity index (χ4v) is 3.62. The number of carbonyl (C=O) groups is 2. The van der Waals surface area contributed by atoms with Crippen molar-refractivity contribution in [1.82, 2.24) is 0 Å². The van der Waals surface area contributed by atoms with Gasteiger partial charge in [-0.3, -0.25) is 14.5 Å². The molecule has 0 aromatic heterocycles. The molecular formula is C21H20BrNO5. The summed E-state index contributed by atoms with van der Waals surface area (Å²) in [4.78, 5) is 26.5. The summed E-state index contributed by atoms with van der Waals surface area (Å²) in [5.74, 6) is -1.43. The molecule has 0 radical (unpaired) electrons. The summed E-state index contributed by atoms with van der Waals surface area (Å²) in [6.45, 7) is 5.36. The number of nitrogens with zero attached hydrogens (tertiary/aromatic N) is 1. The molecule has 0 fully saturated rings. The van der Waals surface area contributed by atoms with E-state index in [1.807, 2.05) is 13.0 Å². The zero-order valence-electron chi connectivity index (χ0n) is 15.7. The Kier molecular flexibility index (Phi) is 5.47. The summed E-state index contributed by atoms with van der Waals surface area (Å²) in [5, 5.41) is 20.4. The molecule has 7 heteroatoms. The fourth-order valence-electron chi connectivity index (χ4n) is 3.25. The summed E-state index contributed by atoms with van der Waals surface area (Å²) in [7, 11) is 0. The van der Waals surface area contributed by atoms with Crippen molar-refractivity contribution < 1.29 is 24.5 Å². The standard InChI is InChI=1S/C21H20BrNO5/c1-4-28-17-9-13(6-8-16(17)25)19-18(12(3)24)20(26)21(27)23(19)14-7-5-11(2)15(22)10-14/h5-10,19,25-26H,4H2,1-3H3. The average Bonchev–Trinajstić information content (AvgIpc) is 2.91. The lowest BCUT2D eigenvalue weighted by Gasteiger charge is -2.27. The van der Waals surface area contributed by atoms with E-state index < -0.39 is 23.5 Å². The number of halogens is 1. The van der Waals surface area contributed by atoms with Crippen molar-refractivity contribution in [3.8, 4) is 11.5 Å². The minimum Gasteiger partial charge on any atom is -0.504 e. The van der Waals surface area contributed by atoms with Gasteiger partial charge in [-0.15, -0.1) is 0 Å². The van der Waals surface area contributed by atoms with Gasteiger partial charge in [-0.2, -0.15) is 0 Å². The molecule has 1 aliphatic rings. The van der Waals surface area contributed by atoms with Crippen LogP contribution in [0.1, 0.15) is 31.0 Å². The summed E-state index contributed by atoms with van der Waals surface area (Å²) in [6.07, 6.45) is 0. The first-order valence-electron chi connectivity index (χ1n) is 8.75. The molecule has 0 aliphatic carbocycles. The van der Waals surface area contributed by atoms with Gasteiger partial charge in [0.05, 0.1) is 18.2 Å². The van der Waals surface area contributed by atoms with E-state index >= 15 is 0 Å². The molecule has 1 unspecified atom stereocenters. The molecule has 0 bridgehead atoms. The molecule has 3 rings (SSSR count). The molecule has 146 valence electrons. The third-order valence-corrected chi connectivity index (χ3v) is 5.47. The smallest absolute Gasteiger partial charge is 0.294 e. The van der Waals surface area contributed by atoms with Gasteiger partial charge in [0.1, 0.15) is 0 Å². The molecule has 1 aliphatic heterocycles. The molecule has 0 saturated carbocycles. The van der Waals surface area contributed by atoms with E-state index in [0.29, 0.717) is 17.9 Å². The van der Waals surface area contributed by atoms with Crippen LogP contribution >= 0.6 is 15.9 Å². The van der Waals surface area contributed by atoms with Crippen LogP contribution in [0.5, 0.6) is 11.5 Å². The van der Waals surface area contributed by atoms with Crippen molar-refractivity contribution in [2.45, 2.75) is 26.8 Å². The van der Waals surface area contributed by atoms with Gasteiger partial charge in [0.2, 0.25) is 0 Å². The highest BCUT2D eigenvalue weighted by atomic mass is 79.9. The zero-order chi connectivity index (χ0) is 20.6. The monoisotopic (exact) mass is 445 g/mol. The van der Waals surface area contributed by atoms with Gasteiger partial charge < -0.3 is 14.9 Å². The van der Waals surface area contributed by atoms with Crippen molar-refractivity contribution in [2.75, 3.05) is 11.5 Å². The largest absolute Gasteiger partial charge is 0.504 e. The zero-order valence-corrected chi connectivity index (χ0v) is 17.3. The minimum absolute atomic E-state index is 0.00911. The highest BCUT2D eigenvalue weighted by Crippen LogP contribution is 2.43. The van der Waals surface area contributed by atoms with Crippen LogP contribution in [0.2, 0.25) is 0 Å². The molecule has 1 heterocycles. The van der Waals surface area contributed by atoms with E-state index in [4.69, 9.17) is 4.74 Å². The number of ether oxygens (including phenoxy) is 1. The van der Waals surface area contributed by atoms with Gasteiger partial charge in [-0.1, -0.05) is 28.1 Å². The second-order valence-electron chi connectivity index (χ2n) is 6.49. The molecule has 0 spiro atoms. The molecule has 1 amide bonds. The van der Waals surface area contributed by atoms with E-state index in [-0.39, 0.29) is 17.1 Å². The first-order valence-corrected chi connectivity index (χ1v) is 9.55. The van der Waals surface area contributed by atoms with E-state index in [1.54, 1.807) is 31.2 Å². The van der Waals surface area contributed by atoms with Gasteiger partial charge in [-0.25, -0.2) is 0 Å². The van der Waals surface area contributed by atoms with Gasteiger partial charge >= 0.3 is 0 Å². The van der Waals surface area contributed by atoms with E-state index in [2.05, 4.69) is 15.9 Å². The van der Waals surface area contributed by atoms with Gasteiger partial charge in [-0.05, 0) is 56.2 Å². The molecule has 2 aromatic carbocycles. The third kappa shape index (κ3) is 3.38. The number of Topliss-reactive ketones (excluding diaryl/α,β-unsaturated/α-hetero) is 1. The number of phenols is 1. The quantitative estimate of drug-likeness (QED) is 0.713. The van der Waals surface area contributed by atoms with Crippen LogP contribution in [-0.4, -0.2) is 28.5 Å². The maximum absolute atomic E-state index is 12.8. The van der Waals surface area contributed by atoms with Crippen LogP contribution in [-0.2, 0) is 9.59 Å². The predicted molar refractivity (Wildman–Crippen MR) is 109 cm³/mol. The number of ketones is 1. The van der Waals surface area contributed by atoms with Crippen LogP contribution in [0.4, 0.5) is 5.69 Å². The highest BCUT2D eigenvalue weighted by molar-refractivity contribution is 9.10. The number of aryl methyl sites for hydroxylation is 1. The first-order chi connectivity index (χ1) is 13.3. The first kappa shape index (κ1) is 19.9. The number of hydrogen-bond acceptors (Lipinski definition) is 5. The molecule has 2 N–H and O–H groups in total. The molecule has 6 nitrogen and oxygen atoms in total. The van der Waals surface area contributed by atoms with E-state index in [9.17, 15) is 19.8 Å². The minimum atomic E-state index is -0.834. The Balaban J connectivity index is 2.19. The van der Waals surface area contributed by atoms with Crippen LogP contribution in [0.15, 0.2) is 52.2 Å². The highest BCUT2D eigenvalue weighted by Gasteiger charge is 2.43. The van der Waals surface area contributed by atoms with Crippen LogP contribution in [0, 0.1) is 6.92 Å². The van der Waals surface area contributed by atoms with Crippen LogP contribution in [0.25, 0.3) is 0 Å². The lowest BCUT2D eigenvalue weighted by molar-refractivity contribution is -0.117. The number of amides is 1. The third-order valence-electron chi connectivity index (χ3n) is 4.62. The Morgan fingerprint density at radius 3 is 2.54 bits per heavy atom. The summed E-state index contributed by atoms with van der Waals surface area (Å²) < 4.78 is 6.24. The normalized spacial score (nSPS) is 16.6. The summed E-state index contributed by atoms with van der Waals surface area (Å²) in [5.41, 5.74) is 2.07. The number of hydrogen-bond donors (Lipinski definition) is 2. The Morgan fingerprint density at radius 2 is 1.93 bits per heavy atom. The van der Waals surface area contributed by atoms with E-state index in [1.165, 1.54) is 17.9 Å².